The Kier molecular flexibility index (Phi) is 6.27. The molecule has 16 heteroatoms. The second-order valence-corrected chi connectivity index (χ2v) is 6.89. The first-order valence-corrected chi connectivity index (χ1v) is 9.49. The molecule has 0 atom stereocenters. The number of oxime groups is 1. The summed E-state index contributed by atoms with van der Waals surface area (Å²) in [6.45, 7) is -0.157. The van der Waals surface area contributed by atoms with E-state index in [0.29, 0.717) is 0 Å². The number of rotatable bonds is 6. The predicted octanol–water partition coefficient (Wildman–Crippen LogP) is 3.71. The number of amidine groups is 1. The molecule has 0 amide bonds. The quantitative estimate of drug-likeness (QED) is 0.134. The van der Waals surface area contributed by atoms with Crippen LogP contribution in [0.3, 0.4) is 0 Å². The molecule has 4 rings (SSSR count). The molecule has 0 aliphatic carbocycles. The van der Waals surface area contributed by atoms with Crippen molar-refractivity contribution in [2.75, 3.05) is 5.32 Å². The molecule has 0 radical (unpaired) electrons. The zero-order chi connectivity index (χ0) is 24.3. The van der Waals surface area contributed by atoms with Gasteiger partial charge in [0.2, 0.25) is 11.7 Å². The first-order chi connectivity index (χ1) is 16.2. The lowest BCUT2D eigenvalue weighted by atomic mass is 10.2. The van der Waals surface area contributed by atoms with Gasteiger partial charge in [-0.05, 0) is 40.7 Å². The van der Waals surface area contributed by atoms with Gasteiger partial charge in [-0.15, -0.1) is 23.4 Å². The van der Waals surface area contributed by atoms with Crippen molar-refractivity contribution in [1.29, 1.82) is 0 Å². The minimum Gasteiger partial charge on any atom is -0.409 e. The van der Waals surface area contributed by atoms with Crippen molar-refractivity contribution in [3.63, 3.8) is 0 Å². The molecule has 4 aromatic rings. The highest BCUT2D eigenvalue weighted by molar-refractivity contribution is 6.31. The molecule has 2 aromatic carbocycles. The first kappa shape index (κ1) is 22.9. The van der Waals surface area contributed by atoms with E-state index in [1.807, 2.05) is 0 Å². The largest absolute Gasteiger partial charge is 0.573 e. The summed E-state index contributed by atoms with van der Waals surface area (Å²) in [5.41, 5.74) is 0.600. The Morgan fingerprint density at radius 1 is 1.21 bits per heavy atom. The number of benzene rings is 2. The number of nitrogens with zero attached hydrogens (tertiary/aromatic N) is 7. The van der Waals surface area contributed by atoms with Gasteiger partial charge in [0, 0.05) is 11.3 Å². The second-order valence-electron chi connectivity index (χ2n) is 6.48. The molecule has 2 heterocycles. The number of halogens is 5. The van der Waals surface area contributed by atoms with Crippen molar-refractivity contribution < 1.29 is 32.1 Å². The average molecular weight is 499 g/mol. The van der Waals surface area contributed by atoms with E-state index in [4.69, 9.17) is 16.2 Å². The summed E-state index contributed by atoms with van der Waals surface area (Å²) in [5.74, 6) is -1.26. The van der Waals surface area contributed by atoms with Crippen LogP contribution in [0.1, 0.15) is 11.4 Å². The maximum atomic E-state index is 13.4. The highest BCUT2D eigenvalue weighted by Gasteiger charge is 2.31. The van der Waals surface area contributed by atoms with Crippen LogP contribution in [0, 0.1) is 5.82 Å². The van der Waals surface area contributed by atoms with E-state index in [2.05, 4.69) is 40.9 Å². The number of alkyl halides is 3. The summed E-state index contributed by atoms with van der Waals surface area (Å²) >= 11 is 5.74. The predicted molar refractivity (Wildman–Crippen MR) is 107 cm³/mol. The lowest BCUT2D eigenvalue weighted by molar-refractivity contribution is -0.274. The third kappa shape index (κ3) is 5.37. The van der Waals surface area contributed by atoms with Crippen LogP contribution >= 0.6 is 11.6 Å². The summed E-state index contributed by atoms with van der Waals surface area (Å²) < 4.78 is 59.3. The Hall–Kier alpha value is -4.27. The lowest BCUT2D eigenvalue weighted by Crippen LogP contribution is -2.18. The van der Waals surface area contributed by atoms with E-state index in [9.17, 15) is 22.8 Å². The monoisotopic (exact) mass is 498 g/mol. The Morgan fingerprint density at radius 2 is 2.03 bits per heavy atom. The van der Waals surface area contributed by atoms with Crippen LogP contribution in [0.15, 0.2) is 52.2 Å². The number of anilines is 1. The maximum Gasteiger partial charge on any atom is 0.573 e. The number of hydrogen-bond acceptors (Lipinski definition) is 9. The van der Waals surface area contributed by atoms with Crippen molar-refractivity contribution in [2.45, 2.75) is 12.9 Å². The van der Waals surface area contributed by atoms with Gasteiger partial charge in [-0.1, -0.05) is 34.0 Å². The second kappa shape index (κ2) is 9.30. The molecule has 11 nitrogen and oxygen atoms in total. The molecule has 34 heavy (non-hydrogen) atoms. The van der Waals surface area contributed by atoms with Gasteiger partial charge in [0.05, 0.1) is 5.02 Å². The third-order valence-corrected chi connectivity index (χ3v) is 4.42. The maximum absolute atomic E-state index is 13.4. The summed E-state index contributed by atoms with van der Waals surface area (Å²) in [5, 5.41) is 34.1. The van der Waals surface area contributed by atoms with E-state index < -0.39 is 17.9 Å². The number of tetrazole rings is 1. The van der Waals surface area contributed by atoms with Crippen molar-refractivity contribution in [2.24, 2.45) is 5.16 Å². The molecule has 0 spiro atoms. The molecular weight excluding hydrogens is 488 g/mol. The van der Waals surface area contributed by atoms with Crippen LogP contribution in [0.2, 0.25) is 5.02 Å². The third-order valence-electron chi connectivity index (χ3n) is 4.13. The van der Waals surface area contributed by atoms with Gasteiger partial charge < -0.3 is 15.3 Å². The number of aromatic nitrogens is 6. The fourth-order valence-electron chi connectivity index (χ4n) is 2.72. The minimum absolute atomic E-state index is 0.0146. The SMILES string of the molecule is O/N=C(/Nc1ccc(F)c(Cl)c1)c1nonc1Cn1nnc(-c2cccc(OC(F)(F)F)c2)n1. The lowest BCUT2D eigenvalue weighted by Gasteiger charge is -2.08. The molecule has 0 bridgehead atoms. The summed E-state index contributed by atoms with van der Waals surface area (Å²) in [6, 6.07) is 8.77. The molecule has 0 saturated carbocycles. The molecule has 0 fully saturated rings. The smallest absolute Gasteiger partial charge is 0.409 e. The van der Waals surface area contributed by atoms with Gasteiger partial charge in [0.1, 0.15) is 23.8 Å². The minimum atomic E-state index is -4.85. The van der Waals surface area contributed by atoms with Crippen molar-refractivity contribution in [3.05, 3.63) is 64.7 Å². The number of nitrogens with one attached hydrogen (secondary N) is 1. The molecule has 0 aliphatic heterocycles. The van der Waals surface area contributed by atoms with E-state index in [1.165, 1.54) is 24.3 Å². The normalized spacial score (nSPS) is 12.1. The van der Waals surface area contributed by atoms with Crippen molar-refractivity contribution in [1.82, 2.24) is 30.5 Å². The van der Waals surface area contributed by atoms with Gasteiger partial charge >= 0.3 is 6.36 Å². The zero-order valence-electron chi connectivity index (χ0n) is 16.5. The van der Waals surface area contributed by atoms with Crippen LogP contribution < -0.4 is 10.1 Å². The van der Waals surface area contributed by atoms with Crippen LogP contribution in [0.5, 0.6) is 5.75 Å². The molecule has 0 aliphatic rings. The summed E-state index contributed by atoms with van der Waals surface area (Å²) in [6.07, 6.45) is -4.85. The Bertz CT molecular complexity index is 1340. The molecule has 0 saturated heterocycles. The highest BCUT2D eigenvalue weighted by atomic mass is 35.5. The van der Waals surface area contributed by atoms with Crippen LogP contribution in [-0.2, 0) is 6.54 Å². The Labute approximate surface area is 191 Å². The molecular formula is C18H11ClF4N8O3. The summed E-state index contributed by atoms with van der Waals surface area (Å²) in [7, 11) is 0. The number of hydrogen-bond donors (Lipinski definition) is 2. The molecule has 2 aromatic heterocycles. The van der Waals surface area contributed by atoms with E-state index in [0.717, 1.165) is 23.0 Å². The van der Waals surface area contributed by atoms with Gasteiger partial charge in [-0.25, -0.2) is 9.02 Å². The molecule has 2 N–H and O–H groups in total. The first-order valence-electron chi connectivity index (χ1n) is 9.12. The molecule has 0 unspecified atom stereocenters. The Morgan fingerprint density at radius 3 is 2.76 bits per heavy atom. The van der Waals surface area contributed by atoms with E-state index in [-0.39, 0.29) is 45.9 Å². The van der Waals surface area contributed by atoms with Gasteiger partial charge in [0.15, 0.2) is 5.69 Å². The summed E-state index contributed by atoms with van der Waals surface area (Å²) in [4.78, 5) is 1.07. The fourth-order valence-corrected chi connectivity index (χ4v) is 2.90. The van der Waals surface area contributed by atoms with Gasteiger partial charge in [0.25, 0.3) is 0 Å². The van der Waals surface area contributed by atoms with Crippen molar-refractivity contribution >= 4 is 23.1 Å². The van der Waals surface area contributed by atoms with Crippen LogP contribution in [-0.4, -0.2) is 47.9 Å². The fraction of sp³-hybridized carbons (Fsp3) is 0.111. The van der Waals surface area contributed by atoms with Crippen molar-refractivity contribution in [3.8, 4) is 17.1 Å². The topological polar surface area (TPSA) is 136 Å². The van der Waals surface area contributed by atoms with Gasteiger partial charge in [-0.2, -0.15) is 4.80 Å². The molecule has 176 valence electrons. The average Bonchev–Trinajstić information content (AvgIpc) is 3.44. The number of ether oxygens (including phenoxy) is 1. The highest BCUT2D eigenvalue weighted by Crippen LogP contribution is 2.26. The zero-order valence-corrected chi connectivity index (χ0v) is 17.3. The standard InChI is InChI=1S/C18H11ClF4N8O3/c19-12-7-10(4-5-13(12)20)24-17(27-32)15-14(28-34-29-15)8-31-26-16(25-30-31)9-2-1-3-11(6-9)33-18(21,22)23/h1-7,32H,8H2,(H,24,27). The van der Waals surface area contributed by atoms with E-state index in [1.54, 1.807) is 0 Å². The van der Waals surface area contributed by atoms with E-state index >= 15 is 0 Å². The van der Waals surface area contributed by atoms with Crippen LogP contribution in [0.25, 0.3) is 11.4 Å². The van der Waals surface area contributed by atoms with Gasteiger partial charge in [-0.3, -0.25) is 0 Å². The Balaban J connectivity index is 1.52. The van der Waals surface area contributed by atoms with Crippen LogP contribution in [0.4, 0.5) is 23.2 Å².